The Balaban J connectivity index is 4.49. The lowest BCUT2D eigenvalue weighted by Gasteiger charge is -2.23. The molecule has 0 radical (unpaired) electrons. The van der Waals surface area contributed by atoms with Gasteiger partial charge in [-0.3, -0.25) is 0 Å². The molecule has 0 saturated carbocycles. The highest BCUT2D eigenvalue weighted by Crippen LogP contribution is 2.25. The first-order chi connectivity index (χ1) is 5.45. The van der Waals surface area contributed by atoms with E-state index in [-0.39, 0.29) is 0 Å². The molecule has 0 spiro atoms. The first kappa shape index (κ1) is 11.7. The van der Waals surface area contributed by atoms with E-state index in [0.717, 1.165) is 0 Å². The number of nitrogens with zero attached hydrogens (tertiary/aromatic N) is 1. The molecule has 0 aromatic rings. The van der Waals surface area contributed by atoms with Gasteiger partial charge in [0.1, 0.15) is 5.71 Å². The minimum atomic E-state index is -2.68. The molecule has 0 saturated heterocycles. The second kappa shape index (κ2) is 4.64. The highest BCUT2D eigenvalue weighted by molar-refractivity contribution is 7.98. The zero-order valence-electron chi connectivity index (χ0n) is 7.34. The van der Waals surface area contributed by atoms with Crippen molar-refractivity contribution in [3.05, 3.63) is 0 Å². The van der Waals surface area contributed by atoms with Crippen molar-refractivity contribution in [2.24, 2.45) is 10.6 Å². The second-order valence-electron chi connectivity index (χ2n) is 3.10. The fraction of sp³-hybridized carbons (Fsp3) is 0.857. The molecular formula is C7H13F2NOS. The van der Waals surface area contributed by atoms with E-state index in [9.17, 15) is 8.78 Å². The van der Waals surface area contributed by atoms with Crippen LogP contribution in [0.5, 0.6) is 0 Å². The lowest BCUT2D eigenvalue weighted by molar-refractivity contribution is 0.199. The highest BCUT2D eigenvalue weighted by atomic mass is 32.2. The quantitative estimate of drug-likeness (QED) is 0.426. The Hall–Kier alpha value is -0.320. The predicted molar refractivity (Wildman–Crippen MR) is 47.4 cm³/mol. The van der Waals surface area contributed by atoms with Crippen LogP contribution in [0.4, 0.5) is 8.78 Å². The minimum absolute atomic E-state index is 0.447. The Bertz CT molecular complexity index is 171. The summed E-state index contributed by atoms with van der Waals surface area (Å²) in [6.07, 6.45) is -0.862. The van der Waals surface area contributed by atoms with Gasteiger partial charge < -0.3 is 5.21 Å². The average Bonchev–Trinajstić information content (AvgIpc) is 1.86. The molecule has 2 nitrogen and oxygen atoms in total. The maximum atomic E-state index is 12.2. The van der Waals surface area contributed by atoms with E-state index in [1.54, 1.807) is 13.8 Å². The molecule has 0 aliphatic carbocycles. The van der Waals surface area contributed by atoms with Crippen molar-refractivity contribution in [1.82, 2.24) is 0 Å². The number of oxime groups is 1. The van der Waals surface area contributed by atoms with Gasteiger partial charge >= 0.3 is 0 Å². The second-order valence-corrected chi connectivity index (χ2v) is 3.97. The van der Waals surface area contributed by atoms with Crippen molar-refractivity contribution >= 4 is 17.5 Å². The first-order valence-corrected chi connectivity index (χ1v) is 4.84. The van der Waals surface area contributed by atoms with Crippen LogP contribution in [0.2, 0.25) is 0 Å². The number of thioether (sulfide) groups is 1. The molecule has 12 heavy (non-hydrogen) atoms. The van der Waals surface area contributed by atoms with Crippen LogP contribution in [0.15, 0.2) is 5.16 Å². The molecule has 0 aliphatic rings. The van der Waals surface area contributed by atoms with E-state index >= 15 is 0 Å². The molecular weight excluding hydrogens is 184 g/mol. The molecule has 0 amide bonds. The minimum Gasteiger partial charge on any atom is -0.411 e. The van der Waals surface area contributed by atoms with Crippen molar-refractivity contribution < 1.29 is 14.0 Å². The van der Waals surface area contributed by atoms with Crippen LogP contribution >= 0.6 is 11.8 Å². The van der Waals surface area contributed by atoms with Crippen molar-refractivity contribution in [3.8, 4) is 0 Å². The summed E-state index contributed by atoms with van der Waals surface area (Å²) in [7, 11) is 0. The van der Waals surface area contributed by atoms with Crippen LogP contribution in [0.3, 0.4) is 0 Å². The number of hydrogen-bond donors (Lipinski definition) is 1. The van der Waals surface area contributed by atoms with Gasteiger partial charge in [-0.25, -0.2) is 8.78 Å². The van der Waals surface area contributed by atoms with Crippen molar-refractivity contribution in [3.63, 3.8) is 0 Å². The normalized spacial score (nSPS) is 14.0. The summed E-state index contributed by atoms with van der Waals surface area (Å²) in [5.74, 6) is 0.511. The summed E-state index contributed by atoms with van der Waals surface area (Å²) >= 11 is 1.44. The van der Waals surface area contributed by atoms with E-state index < -0.39 is 17.6 Å². The third kappa shape index (κ3) is 2.97. The van der Waals surface area contributed by atoms with Crippen LogP contribution < -0.4 is 0 Å². The van der Waals surface area contributed by atoms with Crippen molar-refractivity contribution in [2.75, 3.05) is 12.0 Å². The third-order valence-corrected chi connectivity index (χ3v) is 2.52. The van der Waals surface area contributed by atoms with E-state index in [4.69, 9.17) is 5.21 Å². The molecule has 0 bridgehead atoms. The molecule has 1 N–H and O–H groups in total. The molecule has 0 heterocycles. The summed E-state index contributed by atoms with van der Waals surface area (Å²) in [6, 6.07) is 0. The van der Waals surface area contributed by atoms with Gasteiger partial charge in [0.05, 0.1) is 0 Å². The number of hydrogen-bond acceptors (Lipinski definition) is 3. The topological polar surface area (TPSA) is 32.6 Å². The van der Waals surface area contributed by atoms with Crippen molar-refractivity contribution in [1.29, 1.82) is 0 Å². The first-order valence-electron chi connectivity index (χ1n) is 3.45. The number of rotatable bonds is 4. The van der Waals surface area contributed by atoms with Gasteiger partial charge in [-0.15, -0.1) is 0 Å². The SMILES string of the molecule is CSCC(C)(C)C(=NO)C(F)F. The molecule has 5 heteroatoms. The number of alkyl halides is 2. The zero-order chi connectivity index (χ0) is 9.78. The molecule has 0 aliphatic heterocycles. The largest absolute Gasteiger partial charge is 0.411 e. The number of halogens is 2. The van der Waals surface area contributed by atoms with Gasteiger partial charge in [0, 0.05) is 11.2 Å². The Morgan fingerprint density at radius 2 is 2.08 bits per heavy atom. The Labute approximate surface area is 75.0 Å². The van der Waals surface area contributed by atoms with Crippen LogP contribution in [0.25, 0.3) is 0 Å². The molecule has 0 rings (SSSR count). The summed E-state index contributed by atoms with van der Waals surface area (Å²) < 4.78 is 24.4. The summed E-state index contributed by atoms with van der Waals surface area (Å²) in [4.78, 5) is 0. The van der Waals surface area contributed by atoms with Gasteiger partial charge in [-0.1, -0.05) is 19.0 Å². The van der Waals surface area contributed by atoms with Gasteiger partial charge in [-0.2, -0.15) is 11.8 Å². The molecule has 72 valence electrons. The molecule has 0 aromatic carbocycles. The molecule has 0 aromatic heterocycles. The van der Waals surface area contributed by atoms with E-state index in [2.05, 4.69) is 5.16 Å². The Morgan fingerprint density at radius 3 is 2.33 bits per heavy atom. The summed E-state index contributed by atoms with van der Waals surface area (Å²) in [6.45, 7) is 3.26. The smallest absolute Gasteiger partial charge is 0.280 e. The summed E-state index contributed by atoms with van der Waals surface area (Å²) in [5, 5.41) is 11.0. The van der Waals surface area contributed by atoms with Crippen molar-refractivity contribution in [2.45, 2.75) is 20.3 Å². The summed E-state index contributed by atoms with van der Waals surface area (Å²) in [5.41, 5.74) is -1.20. The van der Waals surface area contributed by atoms with Gasteiger partial charge in [-0.05, 0) is 6.26 Å². The van der Waals surface area contributed by atoms with Gasteiger partial charge in [0.15, 0.2) is 0 Å². The fourth-order valence-electron chi connectivity index (χ4n) is 0.909. The predicted octanol–water partition coefficient (Wildman–Crippen LogP) is 2.47. The van der Waals surface area contributed by atoms with Crippen LogP contribution in [0, 0.1) is 5.41 Å². The van der Waals surface area contributed by atoms with Crippen LogP contribution in [-0.4, -0.2) is 29.4 Å². The van der Waals surface area contributed by atoms with Gasteiger partial charge in [0.25, 0.3) is 6.43 Å². The standard InChI is InChI=1S/C7H13F2NOS/c1-7(2,4-12-3)5(10-11)6(8)9/h6,11H,4H2,1-3H3. The lowest BCUT2D eigenvalue weighted by atomic mass is 9.90. The van der Waals surface area contributed by atoms with E-state index in [0.29, 0.717) is 5.75 Å². The van der Waals surface area contributed by atoms with Crippen LogP contribution in [-0.2, 0) is 0 Å². The highest BCUT2D eigenvalue weighted by Gasteiger charge is 2.31. The fourth-order valence-corrected chi connectivity index (χ4v) is 1.78. The zero-order valence-corrected chi connectivity index (χ0v) is 8.16. The monoisotopic (exact) mass is 197 g/mol. The Kier molecular flexibility index (Phi) is 4.52. The Morgan fingerprint density at radius 1 is 1.58 bits per heavy atom. The molecule has 0 unspecified atom stereocenters. The average molecular weight is 197 g/mol. The molecule has 0 fully saturated rings. The van der Waals surface area contributed by atoms with Crippen LogP contribution in [0.1, 0.15) is 13.8 Å². The molecule has 0 atom stereocenters. The maximum Gasteiger partial charge on any atom is 0.280 e. The third-order valence-electron chi connectivity index (χ3n) is 1.51. The maximum absolute atomic E-state index is 12.2. The van der Waals surface area contributed by atoms with Gasteiger partial charge in [0.2, 0.25) is 0 Å². The van der Waals surface area contributed by atoms with E-state index in [1.807, 2.05) is 6.26 Å². The van der Waals surface area contributed by atoms with E-state index in [1.165, 1.54) is 11.8 Å². The lowest BCUT2D eigenvalue weighted by Crippen LogP contribution is -2.32.